The van der Waals surface area contributed by atoms with Crippen molar-refractivity contribution in [1.82, 2.24) is 4.31 Å². The van der Waals surface area contributed by atoms with Crippen LogP contribution in [0.3, 0.4) is 0 Å². The summed E-state index contributed by atoms with van der Waals surface area (Å²) in [6, 6.07) is 10.9. The lowest BCUT2D eigenvalue weighted by Crippen LogP contribution is -2.40. The van der Waals surface area contributed by atoms with Gasteiger partial charge in [0.2, 0.25) is 15.9 Å². The lowest BCUT2D eigenvalue weighted by atomic mass is 10.1. The van der Waals surface area contributed by atoms with E-state index < -0.39 is 15.9 Å². The Labute approximate surface area is 167 Å². The van der Waals surface area contributed by atoms with E-state index in [0.717, 1.165) is 16.7 Å². The van der Waals surface area contributed by atoms with Crippen molar-refractivity contribution in [1.29, 1.82) is 0 Å². The van der Waals surface area contributed by atoms with Crippen LogP contribution in [0, 0.1) is 27.7 Å². The number of nitrogens with zero attached hydrogens (tertiary/aromatic N) is 1. The normalized spacial score (nSPS) is 11.6. The summed E-state index contributed by atoms with van der Waals surface area (Å²) in [5.41, 5.74) is 4.17. The average molecular weight is 405 g/mol. The molecule has 0 heterocycles. The van der Waals surface area contributed by atoms with Gasteiger partial charge in [0.1, 0.15) is 0 Å². The van der Waals surface area contributed by atoms with Crippen LogP contribution in [-0.4, -0.2) is 45.4 Å². The molecule has 6 nitrogen and oxygen atoms in total. The van der Waals surface area contributed by atoms with Gasteiger partial charge in [-0.05, 0) is 62.1 Å². The van der Waals surface area contributed by atoms with Crippen LogP contribution < -0.4 is 5.32 Å². The number of sulfonamides is 1. The zero-order chi connectivity index (χ0) is 20.9. The minimum Gasteiger partial charge on any atom is -0.383 e. The molecule has 1 N–H and O–H groups in total. The first-order valence-electron chi connectivity index (χ1n) is 9.09. The van der Waals surface area contributed by atoms with Gasteiger partial charge in [-0.3, -0.25) is 4.79 Å². The van der Waals surface area contributed by atoms with Crippen molar-refractivity contribution in [3.8, 4) is 0 Å². The number of rotatable bonds is 8. The molecule has 0 unspecified atom stereocenters. The summed E-state index contributed by atoms with van der Waals surface area (Å²) in [4.78, 5) is 12.8. The number of carbonyl (C=O) groups is 1. The Bertz CT molecular complexity index is 955. The van der Waals surface area contributed by atoms with E-state index in [2.05, 4.69) is 5.32 Å². The second-order valence-corrected chi connectivity index (χ2v) is 8.80. The van der Waals surface area contributed by atoms with Crippen molar-refractivity contribution >= 4 is 21.6 Å². The van der Waals surface area contributed by atoms with Gasteiger partial charge in [0.15, 0.2) is 0 Å². The molecular weight excluding hydrogens is 376 g/mol. The topological polar surface area (TPSA) is 75.7 Å². The zero-order valence-electron chi connectivity index (χ0n) is 17.1. The Hall–Kier alpha value is -2.22. The molecule has 0 fully saturated rings. The maximum Gasteiger partial charge on any atom is 0.243 e. The molecule has 0 bridgehead atoms. The maximum atomic E-state index is 13.2. The lowest BCUT2D eigenvalue weighted by Gasteiger charge is -2.23. The van der Waals surface area contributed by atoms with Gasteiger partial charge in [-0.1, -0.05) is 24.3 Å². The Morgan fingerprint density at radius 3 is 2.46 bits per heavy atom. The van der Waals surface area contributed by atoms with Gasteiger partial charge < -0.3 is 10.1 Å². The van der Waals surface area contributed by atoms with Crippen molar-refractivity contribution in [2.75, 3.05) is 32.1 Å². The summed E-state index contributed by atoms with van der Waals surface area (Å²) in [6.07, 6.45) is 0. The third kappa shape index (κ3) is 5.19. The van der Waals surface area contributed by atoms with E-state index in [1.54, 1.807) is 25.1 Å². The van der Waals surface area contributed by atoms with E-state index >= 15 is 0 Å². The molecule has 1 amide bonds. The van der Waals surface area contributed by atoms with E-state index in [1.807, 2.05) is 39.0 Å². The molecule has 0 atom stereocenters. The fourth-order valence-electron chi connectivity index (χ4n) is 2.84. The number of amides is 1. The monoisotopic (exact) mass is 404 g/mol. The van der Waals surface area contributed by atoms with Crippen LogP contribution in [0.4, 0.5) is 5.69 Å². The molecule has 2 aromatic rings. The first-order valence-corrected chi connectivity index (χ1v) is 10.5. The second-order valence-electron chi connectivity index (χ2n) is 6.90. The lowest BCUT2D eigenvalue weighted by molar-refractivity contribution is -0.116. The van der Waals surface area contributed by atoms with Gasteiger partial charge in [-0.2, -0.15) is 4.31 Å². The number of anilines is 1. The van der Waals surface area contributed by atoms with Crippen molar-refractivity contribution in [2.24, 2.45) is 0 Å². The van der Waals surface area contributed by atoms with E-state index in [-0.39, 0.29) is 24.6 Å². The number of ether oxygens (including phenoxy) is 1. The van der Waals surface area contributed by atoms with Gasteiger partial charge in [0.25, 0.3) is 0 Å². The predicted octanol–water partition coefficient (Wildman–Crippen LogP) is 3.20. The Kier molecular flexibility index (Phi) is 7.35. The van der Waals surface area contributed by atoms with Crippen LogP contribution >= 0.6 is 0 Å². The van der Waals surface area contributed by atoms with Crippen LogP contribution in [0.15, 0.2) is 41.3 Å². The number of aryl methyl sites for hydroxylation is 3. The number of benzene rings is 2. The summed E-state index contributed by atoms with van der Waals surface area (Å²) < 4.78 is 32.6. The highest BCUT2D eigenvalue weighted by Gasteiger charge is 2.28. The summed E-state index contributed by atoms with van der Waals surface area (Å²) in [5, 5.41) is 2.82. The van der Waals surface area contributed by atoms with Crippen LogP contribution in [0.5, 0.6) is 0 Å². The molecule has 0 spiro atoms. The molecule has 0 aliphatic rings. The fourth-order valence-corrected chi connectivity index (χ4v) is 4.53. The molecule has 0 aliphatic heterocycles. The number of hydrogen-bond donors (Lipinski definition) is 1. The first-order chi connectivity index (χ1) is 13.2. The molecule has 0 aliphatic carbocycles. The highest BCUT2D eigenvalue weighted by molar-refractivity contribution is 7.89. The van der Waals surface area contributed by atoms with Crippen LogP contribution in [0.2, 0.25) is 0 Å². The van der Waals surface area contributed by atoms with Gasteiger partial charge >= 0.3 is 0 Å². The van der Waals surface area contributed by atoms with Gasteiger partial charge in [0.05, 0.1) is 18.0 Å². The molecule has 7 heteroatoms. The van der Waals surface area contributed by atoms with Crippen molar-refractivity contribution in [3.05, 3.63) is 58.7 Å². The maximum absolute atomic E-state index is 13.2. The smallest absolute Gasteiger partial charge is 0.243 e. The minimum absolute atomic E-state index is 0.0897. The van der Waals surface area contributed by atoms with Gasteiger partial charge in [-0.15, -0.1) is 0 Å². The Morgan fingerprint density at radius 2 is 1.79 bits per heavy atom. The molecule has 0 saturated heterocycles. The van der Waals surface area contributed by atoms with Gasteiger partial charge in [0, 0.05) is 19.3 Å². The average Bonchev–Trinajstić information content (AvgIpc) is 2.64. The van der Waals surface area contributed by atoms with Crippen molar-refractivity contribution in [2.45, 2.75) is 32.6 Å². The molecule has 0 saturated carbocycles. The van der Waals surface area contributed by atoms with Crippen molar-refractivity contribution < 1.29 is 17.9 Å². The predicted molar refractivity (Wildman–Crippen MR) is 111 cm³/mol. The number of nitrogens with one attached hydrogen (secondary N) is 1. The molecule has 2 aromatic carbocycles. The van der Waals surface area contributed by atoms with Gasteiger partial charge in [-0.25, -0.2) is 8.42 Å². The summed E-state index contributed by atoms with van der Waals surface area (Å²) in [6.45, 7) is 7.46. The molecule has 2 rings (SSSR count). The molecule has 28 heavy (non-hydrogen) atoms. The molecule has 0 radical (unpaired) electrons. The third-order valence-electron chi connectivity index (χ3n) is 4.70. The summed E-state index contributed by atoms with van der Waals surface area (Å²) in [7, 11) is -2.34. The Balaban J connectivity index is 2.28. The Morgan fingerprint density at radius 1 is 1.07 bits per heavy atom. The van der Waals surface area contributed by atoms with E-state index in [9.17, 15) is 13.2 Å². The highest BCUT2D eigenvalue weighted by Crippen LogP contribution is 2.22. The van der Waals surface area contributed by atoms with Crippen LogP contribution in [0.25, 0.3) is 0 Å². The largest absolute Gasteiger partial charge is 0.383 e. The summed E-state index contributed by atoms with van der Waals surface area (Å²) >= 11 is 0. The van der Waals surface area contributed by atoms with Crippen LogP contribution in [-0.2, 0) is 19.6 Å². The van der Waals surface area contributed by atoms with Crippen LogP contribution in [0.1, 0.15) is 22.3 Å². The number of carbonyl (C=O) groups excluding carboxylic acids is 1. The quantitative estimate of drug-likeness (QED) is 0.733. The first kappa shape index (κ1) is 22.1. The SMILES string of the molecule is COCCN(CC(=O)Nc1cccc(C)c1C)S(=O)(=O)c1cc(C)ccc1C. The van der Waals surface area contributed by atoms with E-state index in [4.69, 9.17) is 4.74 Å². The summed E-state index contributed by atoms with van der Waals surface area (Å²) in [5.74, 6) is -0.390. The number of methoxy groups -OCH3 is 1. The van der Waals surface area contributed by atoms with E-state index in [0.29, 0.717) is 11.3 Å². The standard InChI is InChI=1S/C21H28N2O4S/c1-15-9-10-17(3)20(13-15)28(25,26)23(11-12-27-5)14-21(24)22-19-8-6-7-16(2)18(19)4/h6-10,13H,11-12,14H2,1-5H3,(H,22,24). The van der Waals surface area contributed by atoms with E-state index in [1.165, 1.54) is 11.4 Å². The third-order valence-corrected chi connectivity index (χ3v) is 6.69. The second kappa shape index (κ2) is 9.32. The number of hydrogen-bond acceptors (Lipinski definition) is 4. The molecular formula is C21H28N2O4S. The minimum atomic E-state index is -3.84. The zero-order valence-corrected chi connectivity index (χ0v) is 17.9. The molecule has 0 aromatic heterocycles. The highest BCUT2D eigenvalue weighted by atomic mass is 32.2. The molecule has 152 valence electrons. The fraction of sp³-hybridized carbons (Fsp3) is 0.381. The van der Waals surface area contributed by atoms with Crippen molar-refractivity contribution in [3.63, 3.8) is 0 Å².